The average Bonchev–Trinajstić information content (AvgIpc) is 3.17. The first-order valence-electron chi connectivity index (χ1n) is 9.33. The molecule has 150 valence electrons. The summed E-state index contributed by atoms with van der Waals surface area (Å²) in [5.74, 6) is -1.14. The summed E-state index contributed by atoms with van der Waals surface area (Å²) in [7, 11) is 3.41. The number of aromatic nitrogens is 2. The number of hydrogen-bond donors (Lipinski definition) is 1. The zero-order chi connectivity index (χ0) is 21.3. The summed E-state index contributed by atoms with van der Waals surface area (Å²) in [6, 6.07) is 9.00. The second-order valence-corrected chi connectivity index (χ2v) is 7.51. The normalized spacial score (nSPS) is 10.9. The summed E-state index contributed by atoms with van der Waals surface area (Å²) in [5.41, 5.74) is 4.80. The highest BCUT2D eigenvalue weighted by Crippen LogP contribution is 2.17. The topological polar surface area (TPSA) is 81.3 Å². The van der Waals surface area contributed by atoms with E-state index in [0.717, 1.165) is 16.7 Å². The van der Waals surface area contributed by atoms with Gasteiger partial charge in [0.25, 0.3) is 0 Å². The maximum atomic E-state index is 12.7. The highest BCUT2D eigenvalue weighted by molar-refractivity contribution is 6.00. The third-order valence-corrected chi connectivity index (χ3v) is 5.04. The van der Waals surface area contributed by atoms with E-state index in [1.165, 1.54) is 10.6 Å². The molecule has 0 saturated carbocycles. The molecular weight excluding hydrogens is 368 g/mol. The maximum Gasteiger partial charge on any atom is 0.352 e. The molecule has 1 aromatic carbocycles. The monoisotopic (exact) mass is 392 g/mol. The van der Waals surface area contributed by atoms with E-state index in [2.05, 4.69) is 0 Å². The summed E-state index contributed by atoms with van der Waals surface area (Å²) in [6.45, 7) is 3.91. The van der Waals surface area contributed by atoms with Crippen molar-refractivity contribution in [3.8, 4) is 0 Å². The zero-order valence-electron chi connectivity index (χ0n) is 17.0. The second-order valence-electron chi connectivity index (χ2n) is 7.51. The number of benzene rings is 1. The van der Waals surface area contributed by atoms with Crippen LogP contribution in [0, 0.1) is 13.8 Å². The summed E-state index contributed by atoms with van der Waals surface area (Å²) in [5, 5.41) is 9.15. The first-order valence-corrected chi connectivity index (χ1v) is 9.33. The minimum atomic E-state index is -1.03. The van der Waals surface area contributed by atoms with E-state index in [9.17, 15) is 14.4 Å². The number of hydrogen-bond acceptors (Lipinski definition) is 3. The van der Waals surface area contributed by atoms with Crippen molar-refractivity contribution in [2.75, 3.05) is 0 Å². The van der Waals surface area contributed by atoms with E-state index in [0.29, 0.717) is 16.8 Å². The van der Waals surface area contributed by atoms with Gasteiger partial charge in [-0.1, -0.05) is 23.8 Å². The number of aryl methyl sites for hydroxylation is 4. The van der Waals surface area contributed by atoms with Gasteiger partial charge in [-0.15, -0.1) is 0 Å². The van der Waals surface area contributed by atoms with E-state index in [4.69, 9.17) is 5.11 Å². The Balaban J connectivity index is 1.75. The Morgan fingerprint density at radius 2 is 1.38 bits per heavy atom. The van der Waals surface area contributed by atoms with E-state index < -0.39 is 5.97 Å². The van der Waals surface area contributed by atoms with Crippen molar-refractivity contribution in [1.82, 2.24) is 9.13 Å². The van der Waals surface area contributed by atoms with Crippen LogP contribution in [0.15, 0.2) is 42.7 Å². The van der Waals surface area contributed by atoms with Gasteiger partial charge in [-0.05, 0) is 42.7 Å². The van der Waals surface area contributed by atoms with Crippen LogP contribution in [0.1, 0.15) is 53.6 Å². The third kappa shape index (κ3) is 4.37. The van der Waals surface area contributed by atoms with Crippen LogP contribution in [0.25, 0.3) is 0 Å². The lowest BCUT2D eigenvalue weighted by molar-refractivity contribution is 0.0686. The molecule has 0 saturated heterocycles. The van der Waals surface area contributed by atoms with E-state index in [-0.39, 0.29) is 30.1 Å². The molecule has 0 amide bonds. The predicted octanol–water partition coefficient (Wildman–Crippen LogP) is 3.53. The van der Waals surface area contributed by atoms with Gasteiger partial charge >= 0.3 is 5.97 Å². The van der Waals surface area contributed by atoms with E-state index >= 15 is 0 Å². The van der Waals surface area contributed by atoms with Crippen molar-refractivity contribution >= 4 is 17.5 Å². The average molecular weight is 392 g/mol. The molecule has 0 radical (unpaired) electrons. The van der Waals surface area contributed by atoms with Crippen molar-refractivity contribution < 1.29 is 19.5 Å². The molecule has 0 unspecified atom stereocenters. The number of carbonyl (C=O) groups excluding carboxylic acids is 2. The van der Waals surface area contributed by atoms with Crippen LogP contribution in [-0.2, 0) is 26.9 Å². The van der Waals surface area contributed by atoms with E-state index in [1.807, 2.05) is 32.0 Å². The molecule has 29 heavy (non-hydrogen) atoms. The molecule has 3 rings (SSSR count). The van der Waals surface area contributed by atoms with Gasteiger partial charge < -0.3 is 14.2 Å². The lowest BCUT2D eigenvalue weighted by Gasteiger charge is -2.05. The standard InChI is InChI=1S/C23H24N2O4/c1-14-5-6-18(15(2)7-14)21(26)10-16-8-19(24(3)12-16)22(27)11-17-9-20(23(28)29)25(4)13-17/h5-9,12-13H,10-11H2,1-4H3,(H,28,29). The highest BCUT2D eigenvalue weighted by atomic mass is 16.4. The Kier molecular flexibility index (Phi) is 5.55. The number of aromatic carboxylic acids is 1. The molecule has 2 heterocycles. The van der Waals surface area contributed by atoms with Crippen LogP contribution in [0.2, 0.25) is 0 Å². The van der Waals surface area contributed by atoms with Crippen LogP contribution in [0.3, 0.4) is 0 Å². The van der Waals surface area contributed by atoms with Crippen molar-refractivity contribution in [3.05, 3.63) is 81.9 Å². The van der Waals surface area contributed by atoms with Gasteiger partial charge in [0.15, 0.2) is 11.6 Å². The first-order chi connectivity index (χ1) is 13.7. The third-order valence-electron chi connectivity index (χ3n) is 5.04. The largest absolute Gasteiger partial charge is 0.477 e. The van der Waals surface area contributed by atoms with Crippen molar-refractivity contribution in [1.29, 1.82) is 0 Å². The van der Waals surface area contributed by atoms with Crippen LogP contribution in [0.4, 0.5) is 0 Å². The second kappa shape index (κ2) is 7.91. The number of Topliss-reactive ketones (excluding diaryl/α,β-unsaturated/α-hetero) is 2. The Hall–Kier alpha value is -3.41. The minimum Gasteiger partial charge on any atom is -0.477 e. The Morgan fingerprint density at radius 1 is 0.828 bits per heavy atom. The smallest absolute Gasteiger partial charge is 0.352 e. The molecule has 3 aromatic rings. The lowest BCUT2D eigenvalue weighted by atomic mass is 9.98. The Bertz CT molecular complexity index is 1120. The minimum absolute atomic E-state index is 0.0151. The van der Waals surface area contributed by atoms with Crippen molar-refractivity contribution in [3.63, 3.8) is 0 Å². The van der Waals surface area contributed by atoms with Gasteiger partial charge in [-0.2, -0.15) is 0 Å². The number of carbonyl (C=O) groups is 3. The molecule has 0 aliphatic carbocycles. The number of nitrogens with zero attached hydrogens (tertiary/aromatic N) is 2. The molecule has 0 fully saturated rings. The Labute approximate surface area is 169 Å². The van der Waals surface area contributed by atoms with Gasteiger partial charge in [0.1, 0.15) is 5.69 Å². The molecule has 0 aliphatic rings. The molecule has 6 heteroatoms. The fourth-order valence-electron chi connectivity index (χ4n) is 3.63. The number of carboxylic acids is 1. The summed E-state index contributed by atoms with van der Waals surface area (Å²) < 4.78 is 3.21. The first kappa shape index (κ1) is 20.3. The predicted molar refractivity (Wildman–Crippen MR) is 110 cm³/mol. The SMILES string of the molecule is Cc1ccc(C(=O)Cc2cc(C(=O)Cc3cc(C(=O)O)n(C)c3)n(C)c2)c(C)c1. The van der Waals surface area contributed by atoms with Crippen LogP contribution in [0.5, 0.6) is 0 Å². The van der Waals surface area contributed by atoms with Gasteiger partial charge in [0.05, 0.1) is 5.69 Å². The van der Waals surface area contributed by atoms with Crippen LogP contribution >= 0.6 is 0 Å². The van der Waals surface area contributed by atoms with Gasteiger partial charge in [-0.3, -0.25) is 9.59 Å². The fraction of sp³-hybridized carbons (Fsp3) is 0.261. The van der Waals surface area contributed by atoms with Gasteiger partial charge in [-0.25, -0.2) is 4.79 Å². The molecule has 1 N–H and O–H groups in total. The molecule has 0 spiro atoms. The van der Waals surface area contributed by atoms with Crippen LogP contribution in [-0.4, -0.2) is 31.8 Å². The fourth-order valence-corrected chi connectivity index (χ4v) is 3.63. The van der Waals surface area contributed by atoms with Crippen molar-refractivity contribution in [2.45, 2.75) is 26.7 Å². The molecule has 2 aromatic heterocycles. The molecule has 0 bridgehead atoms. The van der Waals surface area contributed by atoms with Gasteiger partial charge in [0.2, 0.25) is 0 Å². The maximum absolute atomic E-state index is 12.7. The summed E-state index contributed by atoms with van der Waals surface area (Å²) in [4.78, 5) is 36.6. The highest BCUT2D eigenvalue weighted by Gasteiger charge is 2.18. The molecule has 0 aliphatic heterocycles. The van der Waals surface area contributed by atoms with E-state index in [1.54, 1.807) is 37.1 Å². The molecule has 0 atom stereocenters. The summed E-state index contributed by atoms with van der Waals surface area (Å²) >= 11 is 0. The summed E-state index contributed by atoms with van der Waals surface area (Å²) in [6.07, 6.45) is 3.76. The quantitative estimate of drug-likeness (QED) is 0.624. The Morgan fingerprint density at radius 3 is 1.93 bits per heavy atom. The van der Waals surface area contributed by atoms with Crippen LogP contribution < -0.4 is 0 Å². The van der Waals surface area contributed by atoms with Crippen molar-refractivity contribution in [2.24, 2.45) is 14.1 Å². The molecule has 6 nitrogen and oxygen atoms in total. The van der Waals surface area contributed by atoms with Gasteiger partial charge in [0, 0.05) is 44.9 Å². The molecular formula is C23H24N2O4. The zero-order valence-corrected chi connectivity index (χ0v) is 17.0. The number of ketones is 2. The number of carboxylic acid groups (broad SMARTS) is 1. The lowest BCUT2D eigenvalue weighted by Crippen LogP contribution is -2.07. The number of rotatable bonds is 7.